The fraction of sp³-hybridized carbons (Fsp3) is 1.00. The smallest absolute Gasteiger partial charge is 0.0894 e. The molecule has 0 rings (SSSR count). The Morgan fingerprint density at radius 2 is 1.00 bits per heavy atom. The van der Waals surface area contributed by atoms with E-state index in [0.717, 1.165) is 62.9 Å². The van der Waals surface area contributed by atoms with Crippen LogP contribution in [0.25, 0.3) is 0 Å². The van der Waals surface area contributed by atoms with Crippen molar-refractivity contribution in [3.8, 4) is 0 Å². The fourth-order valence-corrected chi connectivity index (χ4v) is 3.68. The molecule has 0 aromatic carbocycles. The molecule has 0 aliphatic rings. The summed E-state index contributed by atoms with van der Waals surface area (Å²) in [5, 5.41) is 8.66. The summed E-state index contributed by atoms with van der Waals surface area (Å²) in [5.74, 6) is 1.71. The third kappa shape index (κ3) is 18.0. The van der Waals surface area contributed by atoms with Gasteiger partial charge in [-0.2, -0.15) is 0 Å². The SMILES string of the molecule is O=[S@](CCCCCCCCF)CCCCCCCCCO. The van der Waals surface area contributed by atoms with Crippen LogP contribution in [0.3, 0.4) is 0 Å². The van der Waals surface area contributed by atoms with Gasteiger partial charge in [-0.3, -0.25) is 8.60 Å². The molecular weight excluding hydrogens is 287 g/mol. The minimum atomic E-state index is -0.632. The average Bonchev–Trinajstić information content (AvgIpc) is 2.49. The van der Waals surface area contributed by atoms with Crippen molar-refractivity contribution in [1.29, 1.82) is 0 Å². The molecule has 128 valence electrons. The number of aliphatic hydroxyl groups excluding tert-OH is 1. The molecule has 0 spiro atoms. The number of halogens is 1. The second-order valence-electron chi connectivity index (χ2n) is 5.86. The van der Waals surface area contributed by atoms with Crippen LogP contribution < -0.4 is 0 Å². The zero-order chi connectivity index (χ0) is 15.6. The van der Waals surface area contributed by atoms with Gasteiger partial charge in [0.25, 0.3) is 0 Å². The summed E-state index contributed by atoms with van der Waals surface area (Å²) < 4.78 is 23.7. The first kappa shape index (κ1) is 21.0. The number of rotatable bonds is 17. The van der Waals surface area contributed by atoms with Crippen molar-refractivity contribution in [3.05, 3.63) is 0 Å². The van der Waals surface area contributed by atoms with Crippen molar-refractivity contribution in [2.45, 2.75) is 83.5 Å². The molecule has 0 bridgehead atoms. The van der Waals surface area contributed by atoms with Crippen LogP contribution in [-0.4, -0.2) is 34.1 Å². The van der Waals surface area contributed by atoms with Crippen molar-refractivity contribution in [1.82, 2.24) is 0 Å². The Bertz CT molecular complexity index is 225. The molecule has 4 heteroatoms. The molecule has 0 saturated carbocycles. The second-order valence-corrected chi connectivity index (χ2v) is 7.55. The van der Waals surface area contributed by atoms with E-state index in [2.05, 4.69) is 0 Å². The molecule has 0 unspecified atom stereocenters. The van der Waals surface area contributed by atoms with Gasteiger partial charge in [-0.15, -0.1) is 0 Å². The van der Waals surface area contributed by atoms with Crippen molar-refractivity contribution >= 4 is 10.8 Å². The summed E-state index contributed by atoms with van der Waals surface area (Å²) in [6.07, 6.45) is 14.2. The number of aliphatic hydroxyl groups is 1. The zero-order valence-electron chi connectivity index (χ0n) is 13.7. The van der Waals surface area contributed by atoms with Crippen LogP contribution in [0.15, 0.2) is 0 Å². The van der Waals surface area contributed by atoms with Crippen LogP contribution in [0.5, 0.6) is 0 Å². The maximum Gasteiger partial charge on any atom is 0.0894 e. The summed E-state index contributed by atoms with van der Waals surface area (Å²) in [6.45, 7) is 0.125. The monoisotopic (exact) mass is 322 g/mol. The summed E-state index contributed by atoms with van der Waals surface area (Å²) in [6, 6.07) is 0. The highest BCUT2D eigenvalue weighted by Crippen LogP contribution is 2.09. The van der Waals surface area contributed by atoms with E-state index in [0.29, 0.717) is 13.0 Å². The molecule has 21 heavy (non-hydrogen) atoms. The quantitative estimate of drug-likeness (QED) is 0.392. The van der Waals surface area contributed by atoms with E-state index in [-0.39, 0.29) is 6.67 Å². The molecule has 1 N–H and O–H groups in total. The first-order valence-electron chi connectivity index (χ1n) is 8.83. The van der Waals surface area contributed by atoms with Gasteiger partial charge in [-0.25, -0.2) is 0 Å². The number of alkyl halides is 1. The van der Waals surface area contributed by atoms with Crippen LogP contribution in [-0.2, 0) is 10.8 Å². The standard InChI is InChI=1S/C17H35FO2S/c18-14-10-6-2-5-9-13-17-21(20)16-12-8-4-1-3-7-11-15-19/h19H,1-17H2/t21-/m0/s1. The molecule has 0 radical (unpaired) electrons. The highest BCUT2D eigenvalue weighted by molar-refractivity contribution is 7.84. The molecule has 0 heterocycles. The normalized spacial score (nSPS) is 12.7. The summed E-state index contributed by atoms with van der Waals surface area (Å²) >= 11 is 0. The fourth-order valence-electron chi connectivity index (χ4n) is 2.43. The predicted octanol–water partition coefficient (Wildman–Crippen LogP) is 4.77. The van der Waals surface area contributed by atoms with Crippen molar-refractivity contribution in [2.75, 3.05) is 24.8 Å². The predicted molar refractivity (Wildman–Crippen MR) is 91.0 cm³/mol. The van der Waals surface area contributed by atoms with Gasteiger partial charge in [0.05, 0.1) is 6.67 Å². The van der Waals surface area contributed by atoms with Gasteiger partial charge in [0, 0.05) is 28.9 Å². The Hall–Kier alpha value is 0.0400. The highest BCUT2D eigenvalue weighted by Gasteiger charge is 2.00. The van der Waals surface area contributed by atoms with Crippen LogP contribution >= 0.6 is 0 Å². The minimum absolute atomic E-state index is 0.189. The van der Waals surface area contributed by atoms with Gasteiger partial charge in [0.15, 0.2) is 0 Å². The van der Waals surface area contributed by atoms with E-state index in [4.69, 9.17) is 5.11 Å². The van der Waals surface area contributed by atoms with Crippen LogP contribution in [0.4, 0.5) is 4.39 Å². The van der Waals surface area contributed by atoms with E-state index in [1.807, 2.05) is 0 Å². The lowest BCUT2D eigenvalue weighted by atomic mass is 10.1. The van der Waals surface area contributed by atoms with Crippen molar-refractivity contribution in [3.63, 3.8) is 0 Å². The molecule has 0 aliphatic heterocycles. The molecule has 1 atom stereocenters. The number of hydrogen-bond donors (Lipinski definition) is 1. The Morgan fingerprint density at radius 3 is 1.43 bits per heavy atom. The first-order valence-corrected chi connectivity index (χ1v) is 10.3. The number of unbranched alkanes of at least 4 members (excludes halogenated alkanes) is 11. The van der Waals surface area contributed by atoms with Gasteiger partial charge < -0.3 is 5.11 Å². The Labute approximate surface area is 133 Å². The third-order valence-corrected chi connectivity index (χ3v) is 5.27. The summed E-state index contributed by atoms with van der Waals surface area (Å²) in [7, 11) is -0.632. The van der Waals surface area contributed by atoms with Crippen molar-refractivity contribution in [2.24, 2.45) is 0 Å². The van der Waals surface area contributed by atoms with E-state index in [1.54, 1.807) is 0 Å². The molecule has 0 fully saturated rings. The molecule has 0 amide bonds. The van der Waals surface area contributed by atoms with Crippen LogP contribution in [0.2, 0.25) is 0 Å². The van der Waals surface area contributed by atoms with Gasteiger partial charge in [0.1, 0.15) is 0 Å². The lowest BCUT2D eigenvalue weighted by Gasteiger charge is -2.03. The molecule has 2 nitrogen and oxygen atoms in total. The minimum Gasteiger partial charge on any atom is -0.396 e. The van der Waals surface area contributed by atoms with E-state index in [9.17, 15) is 8.60 Å². The molecule has 0 aliphatic carbocycles. The van der Waals surface area contributed by atoms with Gasteiger partial charge >= 0.3 is 0 Å². The largest absolute Gasteiger partial charge is 0.396 e. The lowest BCUT2D eigenvalue weighted by Crippen LogP contribution is -2.02. The summed E-state index contributed by atoms with van der Waals surface area (Å²) in [5.41, 5.74) is 0. The maximum atomic E-state index is 11.9. The van der Waals surface area contributed by atoms with Gasteiger partial charge in [-0.05, 0) is 25.7 Å². The van der Waals surface area contributed by atoms with Gasteiger partial charge in [-0.1, -0.05) is 57.8 Å². The van der Waals surface area contributed by atoms with E-state index in [1.165, 1.54) is 25.7 Å². The first-order chi connectivity index (χ1) is 10.3. The van der Waals surface area contributed by atoms with E-state index >= 15 is 0 Å². The van der Waals surface area contributed by atoms with Crippen molar-refractivity contribution < 1.29 is 13.7 Å². The molecule has 0 saturated heterocycles. The Balaban J connectivity index is 3.13. The van der Waals surface area contributed by atoms with Crippen LogP contribution in [0.1, 0.15) is 83.5 Å². The highest BCUT2D eigenvalue weighted by atomic mass is 32.2. The molecule has 0 aromatic heterocycles. The molecular formula is C17H35FO2S. The molecule has 0 aromatic rings. The number of hydrogen-bond acceptors (Lipinski definition) is 2. The van der Waals surface area contributed by atoms with E-state index < -0.39 is 10.8 Å². The topological polar surface area (TPSA) is 37.3 Å². The van der Waals surface area contributed by atoms with Gasteiger partial charge in [0.2, 0.25) is 0 Å². The Morgan fingerprint density at radius 1 is 0.619 bits per heavy atom. The Kier molecular flexibility index (Phi) is 18.1. The zero-order valence-corrected chi connectivity index (χ0v) is 14.5. The maximum absolute atomic E-state index is 11.9. The van der Waals surface area contributed by atoms with Crippen LogP contribution in [0, 0.1) is 0 Å². The second kappa shape index (κ2) is 18.1. The summed E-state index contributed by atoms with van der Waals surface area (Å²) in [4.78, 5) is 0. The average molecular weight is 323 g/mol. The third-order valence-electron chi connectivity index (χ3n) is 3.79. The lowest BCUT2D eigenvalue weighted by molar-refractivity contribution is 0.282.